The van der Waals surface area contributed by atoms with Gasteiger partial charge in [-0.05, 0) is 48.9 Å². The summed E-state index contributed by atoms with van der Waals surface area (Å²) in [6, 6.07) is 12.1. The molecule has 1 aromatic heterocycles. The summed E-state index contributed by atoms with van der Waals surface area (Å²) in [5.74, 6) is -0.0944. The number of fused-ring (bicyclic) bond motifs is 1. The molecule has 9 nitrogen and oxygen atoms in total. The average Bonchev–Trinajstić information content (AvgIpc) is 3.31. The van der Waals surface area contributed by atoms with Crippen molar-refractivity contribution in [3.05, 3.63) is 72.4 Å². The van der Waals surface area contributed by atoms with E-state index in [4.69, 9.17) is 0 Å². The zero-order valence-corrected chi connectivity index (χ0v) is 18.2. The fourth-order valence-corrected chi connectivity index (χ4v) is 3.70. The van der Waals surface area contributed by atoms with E-state index in [1.54, 1.807) is 54.5 Å². The van der Waals surface area contributed by atoms with Crippen LogP contribution in [0.3, 0.4) is 0 Å². The number of amides is 3. The van der Waals surface area contributed by atoms with Crippen molar-refractivity contribution in [1.29, 1.82) is 0 Å². The van der Waals surface area contributed by atoms with E-state index in [0.29, 0.717) is 41.4 Å². The number of benzene rings is 2. The average molecular weight is 444 g/mol. The van der Waals surface area contributed by atoms with Gasteiger partial charge in [-0.1, -0.05) is 12.6 Å². The molecule has 0 saturated carbocycles. The molecule has 3 amide bonds. The normalized spacial score (nSPS) is 15.2. The molecule has 3 N–H and O–H groups in total. The SMILES string of the molecule is C=CC(=O)Nc1ccc(C(=O)N2CCC(Nc3ncc4ccc(C(=O)NC)cc4n3)C2)cc1. The van der Waals surface area contributed by atoms with E-state index in [2.05, 4.69) is 32.5 Å². The van der Waals surface area contributed by atoms with E-state index in [1.165, 1.54) is 6.08 Å². The number of likely N-dealkylation sites (tertiary alicyclic amines) is 1. The number of carbonyl (C=O) groups excluding carboxylic acids is 3. The molecule has 0 aliphatic carbocycles. The highest BCUT2D eigenvalue weighted by atomic mass is 16.2. The van der Waals surface area contributed by atoms with E-state index >= 15 is 0 Å². The van der Waals surface area contributed by atoms with Crippen LogP contribution in [-0.4, -0.2) is 58.8 Å². The predicted octanol–water partition coefficient (Wildman–Crippen LogP) is 2.44. The van der Waals surface area contributed by atoms with Crippen molar-refractivity contribution in [2.75, 3.05) is 30.8 Å². The minimum atomic E-state index is -0.303. The Labute approximate surface area is 190 Å². The van der Waals surface area contributed by atoms with Gasteiger partial charge >= 0.3 is 0 Å². The molecular weight excluding hydrogens is 420 g/mol. The van der Waals surface area contributed by atoms with Gasteiger partial charge in [0.2, 0.25) is 11.9 Å². The lowest BCUT2D eigenvalue weighted by Gasteiger charge is -2.17. The summed E-state index contributed by atoms with van der Waals surface area (Å²) >= 11 is 0. The molecule has 1 fully saturated rings. The molecule has 0 radical (unpaired) electrons. The molecule has 1 saturated heterocycles. The topological polar surface area (TPSA) is 116 Å². The highest BCUT2D eigenvalue weighted by molar-refractivity contribution is 6.00. The number of hydrogen-bond acceptors (Lipinski definition) is 6. The summed E-state index contributed by atoms with van der Waals surface area (Å²) < 4.78 is 0. The maximum absolute atomic E-state index is 12.9. The Bertz CT molecular complexity index is 1220. The second-order valence-corrected chi connectivity index (χ2v) is 7.70. The Kier molecular flexibility index (Phi) is 6.30. The quantitative estimate of drug-likeness (QED) is 0.503. The van der Waals surface area contributed by atoms with Crippen molar-refractivity contribution in [3.8, 4) is 0 Å². The molecule has 1 atom stereocenters. The predicted molar refractivity (Wildman–Crippen MR) is 126 cm³/mol. The number of nitrogens with one attached hydrogen (secondary N) is 3. The Morgan fingerprint density at radius 2 is 1.88 bits per heavy atom. The number of hydrogen-bond donors (Lipinski definition) is 3. The third-order valence-electron chi connectivity index (χ3n) is 5.47. The second-order valence-electron chi connectivity index (χ2n) is 7.70. The molecule has 1 unspecified atom stereocenters. The largest absolute Gasteiger partial charge is 0.355 e. The van der Waals surface area contributed by atoms with E-state index < -0.39 is 0 Å². The molecule has 4 rings (SSSR count). The van der Waals surface area contributed by atoms with E-state index in [0.717, 1.165) is 11.8 Å². The summed E-state index contributed by atoms with van der Waals surface area (Å²) in [7, 11) is 1.59. The van der Waals surface area contributed by atoms with Crippen molar-refractivity contribution in [2.24, 2.45) is 0 Å². The maximum atomic E-state index is 12.9. The van der Waals surface area contributed by atoms with Crippen LogP contribution in [0.15, 0.2) is 61.3 Å². The molecule has 3 aromatic rings. The molecule has 0 bridgehead atoms. The lowest BCUT2D eigenvalue weighted by atomic mass is 10.1. The highest BCUT2D eigenvalue weighted by Gasteiger charge is 2.27. The van der Waals surface area contributed by atoms with Gasteiger partial charge in [-0.15, -0.1) is 0 Å². The van der Waals surface area contributed by atoms with Crippen LogP contribution >= 0.6 is 0 Å². The van der Waals surface area contributed by atoms with E-state index in [9.17, 15) is 14.4 Å². The minimum absolute atomic E-state index is 0.0136. The van der Waals surface area contributed by atoms with Gasteiger partial charge in [0.1, 0.15) is 0 Å². The summed E-state index contributed by atoms with van der Waals surface area (Å²) in [6.45, 7) is 4.55. The zero-order chi connectivity index (χ0) is 23.4. The molecule has 2 heterocycles. The Hall–Kier alpha value is -4.27. The van der Waals surface area contributed by atoms with Gasteiger partial charge in [-0.3, -0.25) is 14.4 Å². The third-order valence-corrected chi connectivity index (χ3v) is 5.47. The van der Waals surface area contributed by atoms with Crippen LogP contribution in [0.5, 0.6) is 0 Å². The van der Waals surface area contributed by atoms with Gasteiger partial charge in [0.05, 0.1) is 5.52 Å². The first kappa shape index (κ1) is 21.9. The number of rotatable bonds is 6. The fourth-order valence-electron chi connectivity index (χ4n) is 3.70. The molecule has 2 aromatic carbocycles. The van der Waals surface area contributed by atoms with Crippen LogP contribution in [0.25, 0.3) is 10.9 Å². The molecule has 9 heteroatoms. The third kappa shape index (κ3) is 4.98. The molecule has 168 valence electrons. The molecule has 0 spiro atoms. The Balaban J connectivity index is 1.40. The lowest BCUT2D eigenvalue weighted by molar-refractivity contribution is -0.111. The van der Waals surface area contributed by atoms with Gasteiger partial charge in [-0.25, -0.2) is 9.97 Å². The highest BCUT2D eigenvalue weighted by Crippen LogP contribution is 2.20. The van der Waals surface area contributed by atoms with Crippen molar-refractivity contribution >= 4 is 40.3 Å². The first-order valence-corrected chi connectivity index (χ1v) is 10.5. The monoisotopic (exact) mass is 444 g/mol. The standard InChI is InChI=1S/C24H24N6O3/c1-3-21(31)27-18-8-6-15(7-9-18)23(33)30-11-10-19(14-30)28-24-26-13-17-5-4-16(22(32)25-2)12-20(17)29-24/h3-9,12-13,19H,1,10-11,14H2,2H3,(H,25,32)(H,27,31)(H,26,28,29). The van der Waals surface area contributed by atoms with Crippen LogP contribution in [0.1, 0.15) is 27.1 Å². The number of aromatic nitrogens is 2. The summed E-state index contributed by atoms with van der Waals surface area (Å²) in [5, 5.41) is 9.40. The van der Waals surface area contributed by atoms with Crippen molar-refractivity contribution in [1.82, 2.24) is 20.2 Å². The van der Waals surface area contributed by atoms with Gasteiger partial charge < -0.3 is 20.9 Å². The zero-order valence-electron chi connectivity index (χ0n) is 18.2. The molecule has 1 aliphatic rings. The molecule has 1 aliphatic heterocycles. The second kappa shape index (κ2) is 9.47. The Morgan fingerprint density at radius 3 is 2.61 bits per heavy atom. The number of nitrogens with zero attached hydrogens (tertiary/aromatic N) is 3. The molecular formula is C24H24N6O3. The van der Waals surface area contributed by atoms with Gasteiger partial charge in [0, 0.05) is 54.6 Å². The molecule has 33 heavy (non-hydrogen) atoms. The summed E-state index contributed by atoms with van der Waals surface area (Å²) in [6.07, 6.45) is 3.66. The fraction of sp³-hybridized carbons (Fsp3) is 0.208. The first-order valence-electron chi connectivity index (χ1n) is 10.5. The van der Waals surface area contributed by atoms with Crippen LogP contribution in [0.4, 0.5) is 11.6 Å². The van der Waals surface area contributed by atoms with Crippen LogP contribution in [0.2, 0.25) is 0 Å². The maximum Gasteiger partial charge on any atom is 0.253 e. The lowest BCUT2D eigenvalue weighted by Crippen LogP contribution is -2.31. The number of carbonyl (C=O) groups is 3. The smallest absolute Gasteiger partial charge is 0.253 e. The van der Waals surface area contributed by atoms with Gasteiger partial charge in [0.15, 0.2) is 0 Å². The summed E-state index contributed by atoms with van der Waals surface area (Å²) in [5.41, 5.74) is 2.35. The van der Waals surface area contributed by atoms with Crippen LogP contribution < -0.4 is 16.0 Å². The van der Waals surface area contributed by atoms with E-state index in [-0.39, 0.29) is 23.8 Å². The van der Waals surface area contributed by atoms with Gasteiger partial charge in [-0.2, -0.15) is 0 Å². The van der Waals surface area contributed by atoms with Crippen molar-refractivity contribution < 1.29 is 14.4 Å². The van der Waals surface area contributed by atoms with Crippen LogP contribution in [-0.2, 0) is 4.79 Å². The van der Waals surface area contributed by atoms with Gasteiger partial charge in [0.25, 0.3) is 11.8 Å². The van der Waals surface area contributed by atoms with E-state index in [1.807, 2.05) is 6.07 Å². The first-order chi connectivity index (χ1) is 16.0. The Morgan fingerprint density at radius 1 is 1.12 bits per heavy atom. The van der Waals surface area contributed by atoms with Crippen LogP contribution in [0, 0.1) is 0 Å². The van der Waals surface area contributed by atoms with Crippen molar-refractivity contribution in [3.63, 3.8) is 0 Å². The number of anilines is 2. The van der Waals surface area contributed by atoms with Crippen molar-refractivity contribution in [2.45, 2.75) is 12.5 Å². The summed E-state index contributed by atoms with van der Waals surface area (Å²) in [4.78, 5) is 46.8. The minimum Gasteiger partial charge on any atom is -0.355 e.